The van der Waals surface area contributed by atoms with E-state index >= 15 is 0 Å². The van der Waals surface area contributed by atoms with Gasteiger partial charge in [0.25, 0.3) is 0 Å². The first-order valence-corrected chi connectivity index (χ1v) is 6.71. The van der Waals surface area contributed by atoms with E-state index < -0.39 is 0 Å². The molecule has 1 aliphatic heterocycles. The molecule has 2 aromatic rings. The van der Waals surface area contributed by atoms with Gasteiger partial charge >= 0.3 is 0 Å². The van der Waals surface area contributed by atoms with Crippen LogP contribution in [-0.4, -0.2) is 18.1 Å². The number of nitrogens with one attached hydrogen (secondary N) is 1. The summed E-state index contributed by atoms with van der Waals surface area (Å²) < 4.78 is 18.6. The van der Waals surface area contributed by atoms with Crippen molar-refractivity contribution in [3.63, 3.8) is 0 Å². The number of nitrogens with zero attached hydrogens (tertiary/aromatic N) is 1. The summed E-state index contributed by atoms with van der Waals surface area (Å²) in [5.41, 5.74) is 1.03. The third-order valence-electron chi connectivity index (χ3n) is 3.51. The van der Waals surface area contributed by atoms with Crippen molar-refractivity contribution in [2.75, 3.05) is 13.1 Å². The second kappa shape index (κ2) is 5.53. The molecule has 100 valence electrons. The molecular weight excluding hydrogens is 243 g/mol. The number of piperidine rings is 1. The quantitative estimate of drug-likeness (QED) is 0.922. The second-order valence-electron chi connectivity index (χ2n) is 5.01. The fourth-order valence-electron chi connectivity index (χ4n) is 2.46. The van der Waals surface area contributed by atoms with Gasteiger partial charge in [-0.1, -0.05) is 12.1 Å². The van der Waals surface area contributed by atoms with Crippen LogP contribution < -0.4 is 5.32 Å². The average molecular weight is 260 g/mol. The summed E-state index contributed by atoms with van der Waals surface area (Å²) in [5.74, 6) is 1.84. The zero-order chi connectivity index (χ0) is 13.1. The molecule has 0 bridgehead atoms. The maximum Gasteiger partial charge on any atom is 0.198 e. The SMILES string of the molecule is Fc1ccc(Cc2cnc([C@@H]3CCCNC3)o2)cc1. The Labute approximate surface area is 111 Å². The highest BCUT2D eigenvalue weighted by atomic mass is 19.1. The van der Waals surface area contributed by atoms with Crippen molar-refractivity contribution in [3.8, 4) is 0 Å². The second-order valence-corrected chi connectivity index (χ2v) is 5.01. The number of hydrogen-bond donors (Lipinski definition) is 1. The van der Waals surface area contributed by atoms with E-state index in [1.807, 2.05) is 0 Å². The third-order valence-corrected chi connectivity index (χ3v) is 3.51. The van der Waals surface area contributed by atoms with Crippen LogP contribution in [-0.2, 0) is 6.42 Å². The zero-order valence-corrected chi connectivity index (χ0v) is 10.7. The third kappa shape index (κ3) is 3.01. The van der Waals surface area contributed by atoms with Gasteiger partial charge in [-0.05, 0) is 37.1 Å². The van der Waals surface area contributed by atoms with Gasteiger partial charge in [0.05, 0.1) is 6.20 Å². The lowest BCUT2D eigenvalue weighted by Gasteiger charge is -2.19. The molecule has 4 heteroatoms. The number of hydrogen-bond acceptors (Lipinski definition) is 3. The van der Waals surface area contributed by atoms with Crippen LogP contribution in [0, 0.1) is 5.82 Å². The van der Waals surface area contributed by atoms with Crippen molar-refractivity contribution in [2.24, 2.45) is 0 Å². The largest absolute Gasteiger partial charge is 0.445 e. The molecule has 0 aliphatic carbocycles. The molecule has 1 aromatic carbocycles. The smallest absolute Gasteiger partial charge is 0.198 e. The van der Waals surface area contributed by atoms with Crippen molar-refractivity contribution in [1.82, 2.24) is 10.3 Å². The van der Waals surface area contributed by atoms with E-state index in [1.54, 1.807) is 18.3 Å². The number of aromatic nitrogens is 1. The molecule has 3 rings (SSSR count). The van der Waals surface area contributed by atoms with Gasteiger partial charge in [0.1, 0.15) is 11.6 Å². The van der Waals surface area contributed by atoms with E-state index in [0.29, 0.717) is 12.3 Å². The molecule has 0 amide bonds. The lowest BCUT2D eigenvalue weighted by Crippen LogP contribution is -2.28. The topological polar surface area (TPSA) is 38.1 Å². The minimum Gasteiger partial charge on any atom is -0.445 e. The molecule has 0 saturated carbocycles. The fourth-order valence-corrected chi connectivity index (χ4v) is 2.46. The van der Waals surface area contributed by atoms with Crippen LogP contribution in [0.1, 0.15) is 36.0 Å². The standard InChI is InChI=1S/C15H17FN2O/c16-13-5-3-11(4-6-13)8-14-10-18-15(19-14)12-2-1-7-17-9-12/h3-6,10,12,17H,1-2,7-9H2/t12-/m1/s1. The van der Waals surface area contributed by atoms with E-state index in [1.165, 1.54) is 18.6 Å². The fraction of sp³-hybridized carbons (Fsp3) is 0.400. The number of oxazole rings is 1. The maximum absolute atomic E-state index is 12.8. The van der Waals surface area contributed by atoms with Crippen molar-refractivity contribution in [3.05, 3.63) is 53.5 Å². The molecule has 1 aromatic heterocycles. The van der Waals surface area contributed by atoms with Gasteiger partial charge in [0.15, 0.2) is 5.89 Å². The van der Waals surface area contributed by atoms with Crippen molar-refractivity contribution >= 4 is 0 Å². The minimum absolute atomic E-state index is 0.213. The normalized spacial score (nSPS) is 19.5. The summed E-state index contributed by atoms with van der Waals surface area (Å²) in [6.45, 7) is 2.02. The monoisotopic (exact) mass is 260 g/mol. The Balaban J connectivity index is 1.68. The Morgan fingerprint density at radius 3 is 2.89 bits per heavy atom. The van der Waals surface area contributed by atoms with Gasteiger partial charge in [0.2, 0.25) is 0 Å². The predicted octanol–water partition coefficient (Wildman–Crippen LogP) is 2.87. The number of benzene rings is 1. The van der Waals surface area contributed by atoms with Crippen LogP contribution in [0.4, 0.5) is 4.39 Å². The summed E-state index contributed by atoms with van der Waals surface area (Å²) in [6, 6.07) is 6.49. The molecule has 0 spiro atoms. The van der Waals surface area contributed by atoms with Crippen LogP contribution in [0.25, 0.3) is 0 Å². The average Bonchev–Trinajstić information content (AvgIpc) is 2.91. The molecule has 0 radical (unpaired) electrons. The number of rotatable bonds is 3. The first kappa shape index (κ1) is 12.4. The van der Waals surface area contributed by atoms with Crippen LogP contribution in [0.5, 0.6) is 0 Å². The van der Waals surface area contributed by atoms with Gasteiger partial charge in [-0.25, -0.2) is 9.37 Å². The highest BCUT2D eigenvalue weighted by Crippen LogP contribution is 2.23. The molecule has 2 heterocycles. The van der Waals surface area contributed by atoms with E-state index in [9.17, 15) is 4.39 Å². The maximum atomic E-state index is 12.8. The first-order valence-electron chi connectivity index (χ1n) is 6.71. The minimum atomic E-state index is -0.213. The summed E-state index contributed by atoms with van der Waals surface area (Å²) in [7, 11) is 0. The molecule has 3 nitrogen and oxygen atoms in total. The Morgan fingerprint density at radius 1 is 1.32 bits per heavy atom. The molecule has 0 unspecified atom stereocenters. The molecule has 19 heavy (non-hydrogen) atoms. The zero-order valence-electron chi connectivity index (χ0n) is 10.7. The van der Waals surface area contributed by atoms with Crippen molar-refractivity contribution < 1.29 is 8.81 Å². The van der Waals surface area contributed by atoms with E-state index in [-0.39, 0.29) is 5.82 Å². The molecule has 1 saturated heterocycles. The summed E-state index contributed by atoms with van der Waals surface area (Å²) in [6.07, 6.45) is 4.74. The van der Waals surface area contributed by atoms with Crippen LogP contribution in [0.15, 0.2) is 34.9 Å². The van der Waals surface area contributed by atoms with E-state index in [2.05, 4.69) is 10.3 Å². The predicted molar refractivity (Wildman–Crippen MR) is 70.6 cm³/mol. The first-order chi connectivity index (χ1) is 9.31. The number of halogens is 1. The van der Waals surface area contributed by atoms with Gasteiger partial charge in [-0.3, -0.25) is 0 Å². The Bertz CT molecular complexity index is 529. The molecule has 1 N–H and O–H groups in total. The van der Waals surface area contributed by atoms with Gasteiger partial charge < -0.3 is 9.73 Å². The van der Waals surface area contributed by atoms with Crippen LogP contribution in [0.3, 0.4) is 0 Å². The highest BCUT2D eigenvalue weighted by molar-refractivity contribution is 5.20. The van der Waals surface area contributed by atoms with Crippen LogP contribution in [0.2, 0.25) is 0 Å². The van der Waals surface area contributed by atoms with E-state index in [0.717, 1.165) is 36.7 Å². The molecule has 1 aliphatic rings. The van der Waals surface area contributed by atoms with Gasteiger partial charge in [-0.2, -0.15) is 0 Å². The Kier molecular flexibility index (Phi) is 3.60. The molecular formula is C15H17FN2O. The summed E-state index contributed by atoms with van der Waals surface area (Å²) in [4.78, 5) is 4.37. The van der Waals surface area contributed by atoms with Gasteiger partial charge in [0, 0.05) is 18.9 Å². The van der Waals surface area contributed by atoms with E-state index in [4.69, 9.17) is 4.42 Å². The molecule has 1 atom stereocenters. The molecule has 1 fully saturated rings. The van der Waals surface area contributed by atoms with Gasteiger partial charge in [-0.15, -0.1) is 0 Å². The lowest BCUT2D eigenvalue weighted by molar-refractivity contribution is 0.365. The Morgan fingerprint density at radius 2 is 2.16 bits per heavy atom. The van der Waals surface area contributed by atoms with Crippen molar-refractivity contribution in [1.29, 1.82) is 0 Å². The van der Waals surface area contributed by atoms with Crippen molar-refractivity contribution in [2.45, 2.75) is 25.2 Å². The lowest BCUT2D eigenvalue weighted by atomic mass is 10.00. The van der Waals surface area contributed by atoms with Crippen LogP contribution >= 0.6 is 0 Å². The summed E-state index contributed by atoms with van der Waals surface area (Å²) >= 11 is 0. The highest BCUT2D eigenvalue weighted by Gasteiger charge is 2.19. The Hall–Kier alpha value is -1.68. The summed E-state index contributed by atoms with van der Waals surface area (Å²) in [5, 5.41) is 3.36.